The highest BCUT2D eigenvalue weighted by Crippen LogP contribution is 2.37. The molecule has 1 saturated heterocycles. The summed E-state index contributed by atoms with van der Waals surface area (Å²) in [6.45, 7) is 1.42. The molecule has 0 bridgehead atoms. The van der Waals surface area contributed by atoms with E-state index in [1.54, 1.807) is 24.3 Å². The van der Waals surface area contributed by atoms with E-state index in [9.17, 15) is 22.8 Å². The van der Waals surface area contributed by atoms with E-state index in [-0.39, 0.29) is 12.1 Å². The number of hydrogen-bond donors (Lipinski definition) is 1. The Balaban J connectivity index is 1.61. The lowest BCUT2D eigenvalue weighted by molar-refractivity contribution is -0.137. The standard InChI is InChI=1S/C21H19F3N2O3/c22-21(23,24)14-7-8-17(26-9-3-4-10-26)16(12-14)25-19(27)18-11-13-5-1-2-6-15(13)20(28)29-18/h1-2,5-8,12,18H,3-4,9-11H2,(H,25,27). The molecular weight excluding hydrogens is 385 g/mol. The number of benzene rings is 2. The second-order valence-electron chi connectivity index (χ2n) is 7.17. The minimum absolute atomic E-state index is 0.0710. The predicted octanol–water partition coefficient (Wildman–Crippen LogP) is 4.03. The third-order valence-corrected chi connectivity index (χ3v) is 5.21. The van der Waals surface area contributed by atoms with Gasteiger partial charge in [0.15, 0.2) is 6.10 Å². The Kier molecular flexibility index (Phi) is 4.94. The third-order valence-electron chi connectivity index (χ3n) is 5.21. The number of fused-ring (bicyclic) bond motifs is 1. The number of rotatable bonds is 3. The van der Waals surface area contributed by atoms with Gasteiger partial charge in [0.2, 0.25) is 0 Å². The van der Waals surface area contributed by atoms with E-state index < -0.39 is 29.7 Å². The molecule has 1 N–H and O–H groups in total. The van der Waals surface area contributed by atoms with Gasteiger partial charge in [0, 0.05) is 19.5 Å². The summed E-state index contributed by atoms with van der Waals surface area (Å²) in [4.78, 5) is 26.9. The number of carbonyl (C=O) groups is 2. The molecule has 5 nitrogen and oxygen atoms in total. The van der Waals surface area contributed by atoms with E-state index in [2.05, 4.69) is 5.32 Å². The Morgan fingerprint density at radius 1 is 1.10 bits per heavy atom. The Morgan fingerprint density at radius 2 is 1.83 bits per heavy atom. The molecule has 2 aromatic carbocycles. The van der Waals surface area contributed by atoms with Crippen molar-refractivity contribution < 1.29 is 27.5 Å². The summed E-state index contributed by atoms with van der Waals surface area (Å²) in [5.74, 6) is -1.26. The van der Waals surface area contributed by atoms with E-state index in [1.807, 2.05) is 4.90 Å². The smallest absolute Gasteiger partial charge is 0.416 e. The predicted molar refractivity (Wildman–Crippen MR) is 101 cm³/mol. The van der Waals surface area contributed by atoms with Crippen molar-refractivity contribution in [2.24, 2.45) is 0 Å². The SMILES string of the molecule is O=C1OC(C(=O)Nc2cc(C(F)(F)F)ccc2N2CCCC2)Cc2ccccc21. The summed E-state index contributed by atoms with van der Waals surface area (Å²) < 4.78 is 44.8. The monoisotopic (exact) mass is 404 g/mol. The average Bonchev–Trinajstić information content (AvgIpc) is 3.22. The molecule has 1 atom stereocenters. The van der Waals surface area contributed by atoms with E-state index in [0.717, 1.165) is 25.0 Å². The number of amides is 1. The Morgan fingerprint density at radius 3 is 2.55 bits per heavy atom. The van der Waals surface area contributed by atoms with Gasteiger partial charge in [0.25, 0.3) is 5.91 Å². The van der Waals surface area contributed by atoms with Crippen LogP contribution >= 0.6 is 0 Å². The molecule has 2 aliphatic rings. The van der Waals surface area contributed by atoms with Crippen LogP contribution in [-0.4, -0.2) is 31.1 Å². The molecule has 4 rings (SSSR count). The molecule has 1 unspecified atom stereocenters. The molecule has 2 heterocycles. The van der Waals surface area contributed by atoms with Crippen LogP contribution < -0.4 is 10.2 Å². The minimum atomic E-state index is -4.53. The van der Waals surface area contributed by atoms with Gasteiger partial charge >= 0.3 is 12.1 Å². The van der Waals surface area contributed by atoms with Crippen molar-refractivity contribution in [3.8, 4) is 0 Å². The van der Waals surface area contributed by atoms with Crippen LogP contribution in [0.3, 0.4) is 0 Å². The van der Waals surface area contributed by atoms with Crippen molar-refractivity contribution in [2.75, 3.05) is 23.3 Å². The maximum absolute atomic E-state index is 13.2. The van der Waals surface area contributed by atoms with Crippen LogP contribution in [0.25, 0.3) is 0 Å². The summed E-state index contributed by atoms with van der Waals surface area (Å²) in [5, 5.41) is 2.56. The van der Waals surface area contributed by atoms with Gasteiger partial charge in [0.1, 0.15) is 0 Å². The van der Waals surface area contributed by atoms with Crippen molar-refractivity contribution in [1.29, 1.82) is 0 Å². The molecule has 0 aromatic heterocycles. The Hall–Kier alpha value is -3.03. The van der Waals surface area contributed by atoms with Gasteiger partial charge in [-0.1, -0.05) is 18.2 Å². The molecule has 0 saturated carbocycles. The number of halogens is 3. The van der Waals surface area contributed by atoms with Gasteiger partial charge in [-0.15, -0.1) is 0 Å². The quantitative estimate of drug-likeness (QED) is 0.785. The largest absolute Gasteiger partial charge is 0.448 e. The van der Waals surface area contributed by atoms with Gasteiger partial charge in [-0.05, 0) is 42.7 Å². The molecule has 29 heavy (non-hydrogen) atoms. The van der Waals surface area contributed by atoms with Crippen LogP contribution in [0.4, 0.5) is 24.5 Å². The molecule has 1 fully saturated rings. The summed E-state index contributed by atoms with van der Waals surface area (Å²) >= 11 is 0. The summed E-state index contributed by atoms with van der Waals surface area (Å²) in [5.41, 5.74) is 0.829. The molecule has 2 aromatic rings. The lowest BCUT2D eigenvalue weighted by atomic mass is 9.98. The highest BCUT2D eigenvalue weighted by atomic mass is 19.4. The zero-order valence-corrected chi connectivity index (χ0v) is 15.5. The number of cyclic esters (lactones) is 1. The topological polar surface area (TPSA) is 58.6 Å². The first-order valence-corrected chi connectivity index (χ1v) is 9.39. The molecule has 2 aliphatic heterocycles. The van der Waals surface area contributed by atoms with E-state index in [0.29, 0.717) is 29.9 Å². The number of ether oxygens (including phenoxy) is 1. The lowest BCUT2D eigenvalue weighted by Crippen LogP contribution is -2.38. The maximum Gasteiger partial charge on any atom is 0.416 e. The summed E-state index contributed by atoms with van der Waals surface area (Å²) in [6, 6.07) is 10.1. The first kappa shape index (κ1) is 19.3. The fourth-order valence-corrected chi connectivity index (χ4v) is 3.74. The van der Waals surface area contributed by atoms with Gasteiger partial charge in [0.05, 0.1) is 22.5 Å². The molecule has 0 spiro atoms. The van der Waals surface area contributed by atoms with E-state index in [4.69, 9.17) is 4.74 Å². The van der Waals surface area contributed by atoms with Gasteiger partial charge in [-0.2, -0.15) is 13.2 Å². The summed E-state index contributed by atoms with van der Waals surface area (Å²) in [7, 11) is 0. The molecular formula is C21H19F3N2O3. The fraction of sp³-hybridized carbons (Fsp3) is 0.333. The van der Waals surface area contributed by atoms with Crippen LogP contribution in [0.2, 0.25) is 0 Å². The van der Waals surface area contributed by atoms with Crippen LogP contribution in [0.1, 0.15) is 34.3 Å². The van der Waals surface area contributed by atoms with Crippen LogP contribution in [0, 0.1) is 0 Å². The number of esters is 1. The normalized spacial score (nSPS) is 18.9. The molecule has 152 valence electrons. The van der Waals surface area contributed by atoms with Crippen molar-refractivity contribution in [3.63, 3.8) is 0 Å². The highest BCUT2D eigenvalue weighted by molar-refractivity contribution is 6.01. The first-order valence-electron chi connectivity index (χ1n) is 9.39. The van der Waals surface area contributed by atoms with Gasteiger partial charge in [-0.25, -0.2) is 4.79 Å². The van der Waals surface area contributed by atoms with Crippen molar-refractivity contribution in [2.45, 2.75) is 31.5 Å². The van der Waals surface area contributed by atoms with Crippen LogP contribution in [-0.2, 0) is 22.1 Å². The van der Waals surface area contributed by atoms with Gasteiger partial charge in [-0.3, -0.25) is 4.79 Å². The first-order chi connectivity index (χ1) is 13.8. The second kappa shape index (κ2) is 7.42. The Labute approximate surface area is 165 Å². The zero-order valence-electron chi connectivity index (χ0n) is 15.5. The fourth-order valence-electron chi connectivity index (χ4n) is 3.74. The van der Waals surface area contributed by atoms with Crippen molar-refractivity contribution in [1.82, 2.24) is 0 Å². The van der Waals surface area contributed by atoms with Crippen molar-refractivity contribution in [3.05, 3.63) is 59.2 Å². The van der Waals surface area contributed by atoms with E-state index >= 15 is 0 Å². The van der Waals surface area contributed by atoms with E-state index in [1.165, 1.54) is 6.07 Å². The number of nitrogens with zero attached hydrogens (tertiary/aromatic N) is 1. The second-order valence-corrected chi connectivity index (χ2v) is 7.17. The van der Waals surface area contributed by atoms with Crippen molar-refractivity contribution >= 4 is 23.3 Å². The lowest BCUT2D eigenvalue weighted by Gasteiger charge is -2.26. The maximum atomic E-state index is 13.2. The highest BCUT2D eigenvalue weighted by Gasteiger charge is 2.34. The average molecular weight is 404 g/mol. The number of carbonyl (C=O) groups excluding carboxylic acids is 2. The van der Waals surface area contributed by atoms with Crippen LogP contribution in [0.15, 0.2) is 42.5 Å². The molecule has 0 aliphatic carbocycles. The Bertz CT molecular complexity index is 952. The van der Waals surface area contributed by atoms with Crippen LogP contribution in [0.5, 0.6) is 0 Å². The number of nitrogens with one attached hydrogen (secondary N) is 1. The zero-order chi connectivity index (χ0) is 20.6. The van der Waals surface area contributed by atoms with Gasteiger partial charge < -0.3 is 15.0 Å². The summed E-state index contributed by atoms with van der Waals surface area (Å²) in [6.07, 6.45) is -3.58. The molecule has 1 amide bonds. The minimum Gasteiger partial charge on any atom is -0.448 e. The molecule has 0 radical (unpaired) electrons. The third kappa shape index (κ3) is 3.92. The number of anilines is 2. The number of alkyl halides is 3. The number of hydrogen-bond acceptors (Lipinski definition) is 4. The molecule has 8 heteroatoms.